The maximum atomic E-state index is 15.0. The van der Waals surface area contributed by atoms with Crippen molar-refractivity contribution in [1.29, 1.82) is 0 Å². The number of nitrogens with zero attached hydrogens (tertiary/aromatic N) is 5. The Balaban J connectivity index is 1.57. The number of likely N-dealkylation sites (tertiary alicyclic amines) is 2. The standard InChI is InChI=1S/C21H26FN5O3/c1-13-5-6-15(27-23-8-9-24-27)17(18(13)22)19(28)25-10-7-14-11-26(16(14)12-25)20(29)30-21(2,3)4/h5-6,8-9,14,16H,7,10-12H2,1-4H3/t14-,16?/m0/s1. The fraction of sp³-hybridized carbons (Fsp3) is 0.524. The van der Waals surface area contributed by atoms with Crippen molar-refractivity contribution in [2.45, 2.75) is 45.8 Å². The Morgan fingerprint density at radius 2 is 1.87 bits per heavy atom. The van der Waals surface area contributed by atoms with Crippen LogP contribution in [-0.2, 0) is 4.74 Å². The van der Waals surface area contributed by atoms with Crippen molar-refractivity contribution in [3.05, 3.63) is 41.5 Å². The Kier molecular flexibility index (Phi) is 4.99. The number of carbonyl (C=O) groups excluding carboxylic acids is 2. The molecule has 2 aromatic rings. The maximum absolute atomic E-state index is 15.0. The molecule has 4 rings (SSSR count). The zero-order valence-corrected chi connectivity index (χ0v) is 17.6. The van der Waals surface area contributed by atoms with Gasteiger partial charge in [-0.2, -0.15) is 15.0 Å². The van der Waals surface area contributed by atoms with Gasteiger partial charge in [-0.25, -0.2) is 9.18 Å². The Morgan fingerprint density at radius 1 is 1.17 bits per heavy atom. The van der Waals surface area contributed by atoms with E-state index in [9.17, 15) is 9.59 Å². The summed E-state index contributed by atoms with van der Waals surface area (Å²) in [4.78, 5) is 30.4. The average molecular weight is 415 g/mol. The van der Waals surface area contributed by atoms with Crippen LogP contribution in [0.15, 0.2) is 24.5 Å². The highest BCUT2D eigenvalue weighted by Gasteiger charge is 2.47. The maximum Gasteiger partial charge on any atom is 0.410 e. The third kappa shape index (κ3) is 3.64. The van der Waals surface area contributed by atoms with Crippen LogP contribution in [0.4, 0.5) is 9.18 Å². The lowest BCUT2D eigenvalue weighted by Crippen LogP contribution is -2.66. The first-order valence-electron chi connectivity index (χ1n) is 10.1. The van der Waals surface area contributed by atoms with Gasteiger partial charge in [0.1, 0.15) is 22.7 Å². The first kappa shape index (κ1) is 20.3. The summed E-state index contributed by atoms with van der Waals surface area (Å²) >= 11 is 0. The van der Waals surface area contributed by atoms with Crippen LogP contribution < -0.4 is 0 Å². The topological polar surface area (TPSA) is 80.6 Å². The quantitative estimate of drug-likeness (QED) is 0.754. The molecule has 0 N–H and O–H groups in total. The molecule has 3 heterocycles. The van der Waals surface area contributed by atoms with Crippen LogP contribution in [-0.4, -0.2) is 68.1 Å². The summed E-state index contributed by atoms with van der Waals surface area (Å²) in [5.41, 5.74) is 0.0479. The number of fused-ring (bicyclic) bond motifs is 1. The van der Waals surface area contributed by atoms with Crippen LogP contribution >= 0.6 is 0 Å². The van der Waals surface area contributed by atoms with Crippen LogP contribution in [0.1, 0.15) is 43.1 Å². The number of halogens is 1. The minimum absolute atomic E-state index is 0.0483. The fourth-order valence-electron chi connectivity index (χ4n) is 4.05. The molecule has 0 bridgehead atoms. The summed E-state index contributed by atoms with van der Waals surface area (Å²) in [5, 5.41) is 8.10. The lowest BCUT2D eigenvalue weighted by Gasteiger charge is -2.53. The third-order valence-corrected chi connectivity index (χ3v) is 5.63. The van der Waals surface area contributed by atoms with E-state index in [0.29, 0.717) is 36.8 Å². The van der Waals surface area contributed by atoms with Crippen molar-refractivity contribution in [1.82, 2.24) is 24.8 Å². The number of amides is 2. The van der Waals surface area contributed by atoms with Crippen molar-refractivity contribution in [2.24, 2.45) is 5.92 Å². The van der Waals surface area contributed by atoms with E-state index in [-0.39, 0.29) is 17.7 Å². The molecule has 1 unspecified atom stereocenters. The van der Waals surface area contributed by atoms with E-state index in [1.165, 1.54) is 17.2 Å². The van der Waals surface area contributed by atoms with Gasteiger partial charge in [0.05, 0.1) is 18.4 Å². The Bertz CT molecular complexity index is 970. The lowest BCUT2D eigenvalue weighted by molar-refractivity contribution is -0.0546. The normalized spacial score (nSPS) is 21.1. The molecular formula is C21H26FN5O3. The van der Waals surface area contributed by atoms with E-state index in [1.54, 1.807) is 28.9 Å². The van der Waals surface area contributed by atoms with Crippen molar-refractivity contribution in [2.75, 3.05) is 19.6 Å². The van der Waals surface area contributed by atoms with Crippen molar-refractivity contribution < 1.29 is 18.7 Å². The van der Waals surface area contributed by atoms with Gasteiger partial charge in [0.15, 0.2) is 0 Å². The van der Waals surface area contributed by atoms with Crippen LogP contribution in [0.5, 0.6) is 0 Å². The number of carbonyl (C=O) groups is 2. The van der Waals surface area contributed by atoms with Gasteiger partial charge < -0.3 is 14.5 Å². The average Bonchev–Trinajstić information content (AvgIpc) is 3.17. The third-order valence-electron chi connectivity index (χ3n) is 5.63. The molecule has 2 saturated heterocycles. The molecule has 1 aromatic heterocycles. The minimum Gasteiger partial charge on any atom is -0.444 e. The summed E-state index contributed by atoms with van der Waals surface area (Å²) < 4.78 is 20.5. The van der Waals surface area contributed by atoms with E-state index in [0.717, 1.165) is 6.42 Å². The molecule has 2 fully saturated rings. The van der Waals surface area contributed by atoms with Crippen LogP contribution in [0.3, 0.4) is 0 Å². The van der Waals surface area contributed by atoms with Gasteiger partial charge in [-0.3, -0.25) is 4.79 Å². The van der Waals surface area contributed by atoms with Crippen LogP contribution in [0.2, 0.25) is 0 Å². The zero-order valence-electron chi connectivity index (χ0n) is 17.6. The number of hydrogen-bond donors (Lipinski definition) is 0. The molecule has 0 aliphatic carbocycles. The van der Waals surface area contributed by atoms with Gasteiger partial charge in [-0.05, 0) is 45.7 Å². The number of hydrogen-bond acceptors (Lipinski definition) is 5. The summed E-state index contributed by atoms with van der Waals surface area (Å²) in [7, 11) is 0. The molecule has 9 heteroatoms. The summed E-state index contributed by atoms with van der Waals surface area (Å²) in [6.45, 7) is 8.58. The molecule has 2 aliphatic heterocycles. The first-order valence-corrected chi connectivity index (χ1v) is 10.1. The molecule has 8 nitrogen and oxygen atoms in total. The Labute approximate surface area is 174 Å². The Morgan fingerprint density at radius 3 is 2.53 bits per heavy atom. The molecule has 160 valence electrons. The minimum atomic E-state index is -0.581. The summed E-state index contributed by atoms with van der Waals surface area (Å²) in [6, 6.07) is 3.14. The van der Waals surface area contributed by atoms with Crippen molar-refractivity contribution >= 4 is 12.0 Å². The molecule has 1 aromatic carbocycles. The summed E-state index contributed by atoms with van der Waals surface area (Å²) in [5.74, 6) is -0.663. The highest BCUT2D eigenvalue weighted by molar-refractivity contribution is 5.98. The van der Waals surface area contributed by atoms with Crippen molar-refractivity contribution in [3.8, 4) is 5.69 Å². The van der Waals surface area contributed by atoms with Gasteiger partial charge in [-0.1, -0.05) is 6.07 Å². The summed E-state index contributed by atoms with van der Waals surface area (Å²) in [6.07, 6.45) is 3.34. The predicted octanol–water partition coefficient (Wildman–Crippen LogP) is 2.80. The van der Waals surface area contributed by atoms with E-state index in [2.05, 4.69) is 10.2 Å². The second kappa shape index (κ2) is 7.37. The highest BCUT2D eigenvalue weighted by Crippen LogP contribution is 2.35. The van der Waals surface area contributed by atoms with Gasteiger partial charge in [0.25, 0.3) is 5.91 Å². The van der Waals surface area contributed by atoms with Crippen LogP contribution in [0, 0.1) is 18.7 Å². The number of aromatic nitrogens is 3. The monoisotopic (exact) mass is 415 g/mol. The van der Waals surface area contributed by atoms with Gasteiger partial charge >= 0.3 is 6.09 Å². The fourth-order valence-corrected chi connectivity index (χ4v) is 4.05. The molecule has 0 radical (unpaired) electrons. The Hall–Kier alpha value is -2.97. The largest absolute Gasteiger partial charge is 0.444 e. The zero-order chi connectivity index (χ0) is 21.6. The van der Waals surface area contributed by atoms with Crippen LogP contribution in [0.25, 0.3) is 5.69 Å². The number of aryl methyl sites for hydroxylation is 1. The molecule has 2 amide bonds. The number of ether oxygens (including phenoxy) is 1. The number of rotatable bonds is 2. The molecule has 0 saturated carbocycles. The highest BCUT2D eigenvalue weighted by atomic mass is 19.1. The SMILES string of the molecule is Cc1ccc(-n2nccn2)c(C(=O)N2CC[C@H]3CN(C(=O)OC(C)(C)C)C3C2)c1F. The van der Waals surface area contributed by atoms with Gasteiger partial charge in [0, 0.05) is 25.6 Å². The van der Waals surface area contributed by atoms with Crippen molar-refractivity contribution in [3.63, 3.8) is 0 Å². The first-order chi connectivity index (χ1) is 14.2. The second-order valence-corrected chi connectivity index (χ2v) is 8.91. The second-order valence-electron chi connectivity index (χ2n) is 8.91. The smallest absolute Gasteiger partial charge is 0.410 e. The molecular weight excluding hydrogens is 389 g/mol. The van der Waals surface area contributed by atoms with Gasteiger partial charge in [-0.15, -0.1) is 0 Å². The van der Waals surface area contributed by atoms with E-state index in [1.807, 2.05) is 20.8 Å². The molecule has 0 spiro atoms. The van der Waals surface area contributed by atoms with E-state index in [4.69, 9.17) is 4.74 Å². The van der Waals surface area contributed by atoms with Gasteiger partial charge in [0.2, 0.25) is 0 Å². The predicted molar refractivity (Wildman–Crippen MR) is 107 cm³/mol. The van der Waals surface area contributed by atoms with E-state index < -0.39 is 17.3 Å². The molecule has 2 atom stereocenters. The number of benzene rings is 1. The van der Waals surface area contributed by atoms with E-state index >= 15 is 4.39 Å². The molecule has 2 aliphatic rings. The lowest BCUT2D eigenvalue weighted by atomic mass is 9.82. The molecule has 30 heavy (non-hydrogen) atoms. The number of piperidine rings is 1.